The highest BCUT2D eigenvalue weighted by Crippen LogP contribution is 2.34. The SMILES string of the molecule is O=C(Nc1nc2ccccc2s1)c1cccc2c1CN(c1nc(C(=O)O)c(CCCOc3ccc(N4CCNCC4)cc3F)s1)CC2. The van der Waals surface area contributed by atoms with E-state index in [2.05, 4.69) is 25.5 Å². The fourth-order valence-electron chi connectivity index (χ4n) is 6.00. The minimum Gasteiger partial charge on any atom is -0.491 e. The van der Waals surface area contributed by atoms with Crippen molar-refractivity contribution in [2.45, 2.75) is 25.8 Å². The van der Waals surface area contributed by atoms with Gasteiger partial charge in [-0.25, -0.2) is 19.2 Å². The lowest BCUT2D eigenvalue weighted by atomic mass is 9.94. The molecule has 0 spiro atoms. The lowest BCUT2D eigenvalue weighted by Gasteiger charge is -2.29. The number of rotatable bonds is 10. The van der Waals surface area contributed by atoms with Crippen molar-refractivity contribution in [3.05, 3.63) is 93.7 Å². The largest absolute Gasteiger partial charge is 0.491 e. The molecule has 5 aromatic rings. The number of hydrogen-bond donors (Lipinski definition) is 3. The highest BCUT2D eigenvalue weighted by Gasteiger charge is 2.27. The molecule has 3 aromatic carbocycles. The van der Waals surface area contributed by atoms with Gasteiger partial charge in [0.2, 0.25) is 0 Å². The Kier molecular flexibility index (Phi) is 9.01. The summed E-state index contributed by atoms with van der Waals surface area (Å²) in [6.07, 6.45) is 1.63. The Morgan fingerprint density at radius 3 is 2.66 bits per heavy atom. The van der Waals surface area contributed by atoms with E-state index in [0.29, 0.717) is 53.1 Å². The molecule has 2 aromatic heterocycles. The third kappa shape index (κ3) is 6.78. The summed E-state index contributed by atoms with van der Waals surface area (Å²) < 4.78 is 21.5. The Morgan fingerprint density at radius 2 is 1.85 bits per heavy atom. The molecule has 2 aliphatic rings. The van der Waals surface area contributed by atoms with Gasteiger partial charge in [-0.1, -0.05) is 35.6 Å². The van der Waals surface area contributed by atoms with Gasteiger partial charge in [0.25, 0.3) is 5.91 Å². The van der Waals surface area contributed by atoms with E-state index in [1.807, 2.05) is 53.4 Å². The third-order valence-electron chi connectivity index (χ3n) is 8.39. The number of nitrogens with zero attached hydrogens (tertiary/aromatic N) is 4. The molecule has 47 heavy (non-hydrogen) atoms. The molecule has 0 bridgehead atoms. The first kappa shape index (κ1) is 31.0. The number of carboxylic acid groups (broad SMARTS) is 1. The Balaban J connectivity index is 1.00. The summed E-state index contributed by atoms with van der Waals surface area (Å²) in [5.74, 6) is -1.55. The number of amides is 1. The van der Waals surface area contributed by atoms with E-state index in [-0.39, 0.29) is 24.0 Å². The predicted molar refractivity (Wildman–Crippen MR) is 183 cm³/mol. The van der Waals surface area contributed by atoms with Crippen LogP contribution in [0.15, 0.2) is 60.7 Å². The van der Waals surface area contributed by atoms with Crippen LogP contribution in [0.25, 0.3) is 10.2 Å². The number of aryl methyl sites for hydroxylation is 1. The van der Waals surface area contributed by atoms with Crippen LogP contribution in [0.5, 0.6) is 5.75 Å². The second-order valence-corrected chi connectivity index (χ2v) is 13.5. The number of hydrogen-bond acceptors (Lipinski definition) is 10. The number of carboxylic acids is 1. The molecule has 1 saturated heterocycles. The molecule has 0 aliphatic carbocycles. The van der Waals surface area contributed by atoms with Gasteiger partial charge in [0, 0.05) is 61.5 Å². The van der Waals surface area contributed by atoms with Crippen LogP contribution in [0.1, 0.15) is 43.3 Å². The standard InChI is InChI=1S/C34H33FN6O4S2/c35-25-19-22(40-16-13-36-14-17-40)10-11-27(25)45-18-4-9-29-30(32(43)44)38-34(47-29)41-15-12-21-5-3-6-23(24(21)20-41)31(42)39-33-37-26-7-1-2-8-28(26)46-33/h1-3,5-8,10-11,19,36H,4,9,12-18,20H2,(H,43,44)(H,37,39,42). The van der Waals surface area contributed by atoms with E-state index in [1.165, 1.54) is 28.7 Å². The van der Waals surface area contributed by atoms with E-state index in [1.54, 1.807) is 6.07 Å². The number of aromatic carboxylic acids is 1. The maximum Gasteiger partial charge on any atom is 0.355 e. The van der Waals surface area contributed by atoms with Crippen LogP contribution in [0, 0.1) is 5.82 Å². The first-order chi connectivity index (χ1) is 22.9. The fourth-order valence-corrected chi connectivity index (χ4v) is 7.98. The van der Waals surface area contributed by atoms with Crippen LogP contribution in [0.4, 0.5) is 20.3 Å². The number of ether oxygens (including phenoxy) is 1. The van der Waals surface area contributed by atoms with Gasteiger partial charge in [-0.15, -0.1) is 11.3 Å². The van der Waals surface area contributed by atoms with Crippen molar-refractivity contribution in [2.24, 2.45) is 0 Å². The molecule has 2 aliphatic heterocycles. The fraction of sp³-hybridized carbons (Fsp3) is 0.294. The van der Waals surface area contributed by atoms with Crippen molar-refractivity contribution in [1.29, 1.82) is 0 Å². The van der Waals surface area contributed by atoms with Crippen molar-refractivity contribution >= 4 is 60.7 Å². The predicted octanol–water partition coefficient (Wildman–Crippen LogP) is 5.83. The molecule has 1 fully saturated rings. The van der Waals surface area contributed by atoms with Crippen molar-refractivity contribution < 1.29 is 23.8 Å². The van der Waals surface area contributed by atoms with Crippen LogP contribution < -0.4 is 25.2 Å². The topological polar surface area (TPSA) is 120 Å². The lowest BCUT2D eigenvalue weighted by Crippen LogP contribution is -2.43. The van der Waals surface area contributed by atoms with Gasteiger partial charge < -0.3 is 25.0 Å². The van der Waals surface area contributed by atoms with Crippen molar-refractivity contribution in [1.82, 2.24) is 15.3 Å². The van der Waals surface area contributed by atoms with Crippen LogP contribution in [-0.4, -0.2) is 66.3 Å². The number of aromatic nitrogens is 2. The number of benzene rings is 3. The van der Waals surface area contributed by atoms with Gasteiger partial charge in [-0.2, -0.15) is 0 Å². The summed E-state index contributed by atoms with van der Waals surface area (Å²) in [6.45, 7) is 4.70. The number of para-hydroxylation sites is 1. The molecule has 7 rings (SSSR count). The van der Waals surface area contributed by atoms with Crippen LogP contribution in [-0.2, 0) is 19.4 Å². The van der Waals surface area contributed by atoms with Crippen molar-refractivity contribution in [2.75, 3.05) is 54.4 Å². The van der Waals surface area contributed by atoms with Crippen molar-refractivity contribution in [3.63, 3.8) is 0 Å². The number of thiazole rings is 2. The van der Waals surface area contributed by atoms with Gasteiger partial charge >= 0.3 is 5.97 Å². The highest BCUT2D eigenvalue weighted by molar-refractivity contribution is 7.22. The van der Waals surface area contributed by atoms with Gasteiger partial charge in [-0.3, -0.25) is 10.1 Å². The van der Waals surface area contributed by atoms with Gasteiger partial charge in [-0.05, 0) is 60.7 Å². The summed E-state index contributed by atoms with van der Waals surface area (Å²) in [5.41, 5.74) is 4.22. The zero-order chi connectivity index (χ0) is 32.3. The molecule has 4 heterocycles. The first-order valence-electron chi connectivity index (χ1n) is 15.6. The molecular formula is C34H33FN6O4S2. The molecule has 13 heteroatoms. The Bertz CT molecular complexity index is 1910. The Labute approximate surface area is 278 Å². The molecule has 1 amide bonds. The minimum atomic E-state index is -1.09. The molecule has 10 nitrogen and oxygen atoms in total. The number of fused-ring (bicyclic) bond motifs is 2. The molecule has 0 saturated carbocycles. The molecule has 0 atom stereocenters. The summed E-state index contributed by atoms with van der Waals surface area (Å²) in [6, 6.07) is 18.5. The van der Waals surface area contributed by atoms with Crippen LogP contribution in [0.3, 0.4) is 0 Å². The summed E-state index contributed by atoms with van der Waals surface area (Å²) in [4.78, 5) is 39.4. The number of anilines is 3. The second-order valence-electron chi connectivity index (χ2n) is 11.4. The zero-order valence-corrected chi connectivity index (χ0v) is 27.1. The van der Waals surface area contributed by atoms with Crippen LogP contribution in [0.2, 0.25) is 0 Å². The van der Waals surface area contributed by atoms with Gasteiger partial charge in [0.15, 0.2) is 27.5 Å². The second kappa shape index (κ2) is 13.6. The number of piperazine rings is 1. The average Bonchev–Trinajstić information content (AvgIpc) is 3.71. The highest BCUT2D eigenvalue weighted by atomic mass is 32.1. The quantitative estimate of drug-likeness (QED) is 0.158. The molecule has 0 unspecified atom stereocenters. The Hall–Kier alpha value is -4.59. The van der Waals surface area contributed by atoms with Crippen molar-refractivity contribution in [3.8, 4) is 5.75 Å². The van der Waals surface area contributed by atoms with Gasteiger partial charge in [0.1, 0.15) is 0 Å². The van der Waals surface area contributed by atoms with Crippen LogP contribution >= 0.6 is 22.7 Å². The zero-order valence-electron chi connectivity index (χ0n) is 25.5. The smallest absolute Gasteiger partial charge is 0.355 e. The lowest BCUT2D eigenvalue weighted by molar-refractivity contribution is 0.0690. The third-order valence-corrected chi connectivity index (χ3v) is 10.5. The number of halogens is 1. The molecular weight excluding hydrogens is 640 g/mol. The number of carbonyl (C=O) groups is 2. The molecule has 3 N–H and O–H groups in total. The van der Waals surface area contributed by atoms with E-state index in [9.17, 15) is 19.1 Å². The van der Waals surface area contributed by atoms with E-state index in [4.69, 9.17) is 4.74 Å². The van der Waals surface area contributed by atoms with E-state index < -0.39 is 11.8 Å². The average molecular weight is 673 g/mol. The maximum atomic E-state index is 14.8. The summed E-state index contributed by atoms with van der Waals surface area (Å²) in [5, 5.41) is 17.3. The summed E-state index contributed by atoms with van der Waals surface area (Å²) in [7, 11) is 0. The molecule has 242 valence electrons. The number of nitrogens with one attached hydrogen (secondary N) is 2. The van der Waals surface area contributed by atoms with E-state index in [0.717, 1.165) is 53.2 Å². The normalized spacial score (nSPS) is 14.7. The first-order valence-corrected chi connectivity index (χ1v) is 17.2. The molecule has 0 radical (unpaired) electrons. The van der Waals surface area contributed by atoms with Gasteiger partial charge in [0.05, 0.1) is 16.8 Å². The maximum absolute atomic E-state index is 14.8. The minimum absolute atomic E-state index is 0.0178. The number of carbonyl (C=O) groups excluding carboxylic acids is 1. The Morgan fingerprint density at radius 1 is 1.00 bits per heavy atom. The monoisotopic (exact) mass is 672 g/mol. The summed E-state index contributed by atoms with van der Waals surface area (Å²) >= 11 is 2.77. The van der Waals surface area contributed by atoms with E-state index >= 15 is 0 Å².